The Bertz CT molecular complexity index is 382. The number of benzene rings is 1. The number of hydrogen-bond donors (Lipinski definition) is 0. The molecule has 0 heterocycles. The smallest absolute Gasteiger partial charge is 0.309 e. The normalized spacial score (nSPS) is 11.7. The van der Waals surface area contributed by atoms with Crippen LogP contribution in [0.15, 0.2) is 29.2 Å². The van der Waals surface area contributed by atoms with Crippen molar-refractivity contribution >= 4 is 19.4 Å². The summed E-state index contributed by atoms with van der Waals surface area (Å²) in [5.41, 5.74) is 1.24. The molecule has 18 heavy (non-hydrogen) atoms. The molecule has 0 amide bonds. The molecule has 0 N–H and O–H groups in total. The van der Waals surface area contributed by atoms with Crippen molar-refractivity contribution in [2.75, 3.05) is 25.1 Å². The molecule has 5 heteroatoms. The molecular weight excluding hydrogens is 267 g/mol. The maximum Gasteiger partial charge on any atom is 0.331 e. The molecule has 0 unspecified atom stereocenters. The van der Waals surface area contributed by atoms with Gasteiger partial charge in [0, 0.05) is 10.6 Å². The summed E-state index contributed by atoms with van der Waals surface area (Å²) in [4.78, 5) is 1.18. The predicted molar refractivity (Wildman–Crippen MR) is 77.6 cm³/mol. The Kier molecular flexibility index (Phi) is 7.02. The fourth-order valence-electron chi connectivity index (χ4n) is 1.47. The van der Waals surface area contributed by atoms with Crippen molar-refractivity contribution in [3.8, 4) is 0 Å². The van der Waals surface area contributed by atoms with Crippen molar-refractivity contribution in [3.05, 3.63) is 29.8 Å². The first-order chi connectivity index (χ1) is 8.59. The summed E-state index contributed by atoms with van der Waals surface area (Å²) in [6.45, 7) is 6.57. The lowest BCUT2D eigenvalue weighted by molar-refractivity contribution is 0.221. The molecule has 0 saturated carbocycles. The summed E-state index contributed by atoms with van der Waals surface area (Å²) in [6, 6.07) is 8.30. The molecular formula is C13H21O3PS. The fourth-order valence-corrected chi connectivity index (χ4v) is 4.41. The number of aryl methyl sites for hydroxylation is 1. The van der Waals surface area contributed by atoms with Crippen molar-refractivity contribution < 1.29 is 13.6 Å². The maximum atomic E-state index is 12.2. The standard InChI is InChI=1S/C13H21O3PS/c1-4-15-17(14,16-5-2)10-11-18-13-8-6-12(3)7-9-13/h6-9H,4-5,10-11H2,1-3H3. The molecule has 0 saturated heterocycles. The van der Waals surface area contributed by atoms with Crippen LogP contribution in [0.5, 0.6) is 0 Å². The second-order valence-corrected chi connectivity index (χ2v) is 7.19. The van der Waals surface area contributed by atoms with Gasteiger partial charge in [0.05, 0.1) is 19.4 Å². The van der Waals surface area contributed by atoms with Gasteiger partial charge in [0.15, 0.2) is 0 Å². The van der Waals surface area contributed by atoms with Gasteiger partial charge in [0.2, 0.25) is 0 Å². The van der Waals surface area contributed by atoms with Crippen LogP contribution in [0.2, 0.25) is 0 Å². The second kappa shape index (κ2) is 8.00. The first kappa shape index (κ1) is 15.8. The van der Waals surface area contributed by atoms with E-state index < -0.39 is 7.60 Å². The molecule has 1 aromatic carbocycles. The van der Waals surface area contributed by atoms with Gasteiger partial charge < -0.3 is 9.05 Å². The summed E-state index contributed by atoms with van der Waals surface area (Å²) in [5, 5.41) is 0. The van der Waals surface area contributed by atoms with Crippen molar-refractivity contribution in [3.63, 3.8) is 0 Å². The zero-order valence-corrected chi connectivity index (χ0v) is 12.9. The van der Waals surface area contributed by atoms with Gasteiger partial charge in [-0.2, -0.15) is 0 Å². The molecule has 0 aromatic heterocycles. The monoisotopic (exact) mass is 288 g/mol. The molecule has 102 valence electrons. The van der Waals surface area contributed by atoms with E-state index in [9.17, 15) is 4.57 Å². The van der Waals surface area contributed by atoms with Gasteiger partial charge in [-0.05, 0) is 32.9 Å². The van der Waals surface area contributed by atoms with Crippen LogP contribution in [0.3, 0.4) is 0 Å². The summed E-state index contributed by atoms with van der Waals surface area (Å²) >= 11 is 1.68. The van der Waals surface area contributed by atoms with Gasteiger partial charge in [-0.3, -0.25) is 4.57 Å². The number of thioether (sulfide) groups is 1. The zero-order chi connectivity index (χ0) is 13.4. The van der Waals surface area contributed by atoms with Gasteiger partial charge >= 0.3 is 7.60 Å². The molecule has 0 aliphatic heterocycles. The predicted octanol–water partition coefficient (Wildman–Crippen LogP) is 4.35. The molecule has 3 nitrogen and oxygen atoms in total. The van der Waals surface area contributed by atoms with Crippen LogP contribution >= 0.6 is 19.4 Å². The number of rotatable bonds is 8. The highest BCUT2D eigenvalue weighted by atomic mass is 32.2. The summed E-state index contributed by atoms with van der Waals surface area (Å²) in [6.07, 6.45) is 0.452. The number of hydrogen-bond acceptors (Lipinski definition) is 4. The van der Waals surface area contributed by atoms with Crippen LogP contribution in [0, 0.1) is 6.92 Å². The minimum absolute atomic E-state index is 0.423. The van der Waals surface area contributed by atoms with Gasteiger partial charge in [-0.25, -0.2) is 0 Å². The molecule has 0 spiro atoms. The van der Waals surface area contributed by atoms with Crippen molar-refractivity contribution in [2.24, 2.45) is 0 Å². The Hall–Kier alpha value is -0.280. The Labute approximate surface area is 114 Å². The fraction of sp³-hybridized carbons (Fsp3) is 0.538. The topological polar surface area (TPSA) is 35.5 Å². The van der Waals surface area contributed by atoms with Gasteiger partial charge in [-0.15, -0.1) is 11.8 Å². The largest absolute Gasteiger partial charge is 0.331 e. The van der Waals surface area contributed by atoms with E-state index in [0.29, 0.717) is 19.4 Å². The van der Waals surface area contributed by atoms with Crippen LogP contribution in [0.4, 0.5) is 0 Å². The zero-order valence-electron chi connectivity index (χ0n) is 11.2. The van der Waals surface area contributed by atoms with E-state index >= 15 is 0 Å². The first-order valence-corrected chi connectivity index (χ1v) is 8.88. The van der Waals surface area contributed by atoms with E-state index in [-0.39, 0.29) is 0 Å². The highest BCUT2D eigenvalue weighted by Crippen LogP contribution is 2.48. The van der Waals surface area contributed by atoms with Crippen molar-refractivity contribution in [2.45, 2.75) is 25.7 Å². The molecule has 0 fully saturated rings. The summed E-state index contributed by atoms with van der Waals surface area (Å²) < 4.78 is 22.7. The third-order valence-corrected chi connectivity index (χ3v) is 5.70. The van der Waals surface area contributed by atoms with Gasteiger partial charge in [0.25, 0.3) is 0 Å². The van der Waals surface area contributed by atoms with Crippen LogP contribution < -0.4 is 0 Å². The van der Waals surface area contributed by atoms with E-state index in [1.165, 1.54) is 10.5 Å². The van der Waals surface area contributed by atoms with Crippen molar-refractivity contribution in [1.29, 1.82) is 0 Å². The van der Waals surface area contributed by atoms with Gasteiger partial charge in [0.1, 0.15) is 0 Å². The molecule has 0 aliphatic rings. The quantitative estimate of drug-likeness (QED) is 0.526. The van der Waals surface area contributed by atoms with Crippen molar-refractivity contribution in [1.82, 2.24) is 0 Å². The molecule has 0 bridgehead atoms. The van der Waals surface area contributed by atoms with Gasteiger partial charge in [-0.1, -0.05) is 17.7 Å². The highest BCUT2D eigenvalue weighted by molar-refractivity contribution is 7.99. The minimum Gasteiger partial charge on any atom is -0.309 e. The summed E-state index contributed by atoms with van der Waals surface area (Å²) in [7, 11) is -2.89. The lowest BCUT2D eigenvalue weighted by atomic mass is 10.2. The molecule has 1 aromatic rings. The van der Waals surface area contributed by atoms with Crippen LogP contribution in [-0.2, 0) is 13.6 Å². The third-order valence-electron chi connectivity index (χ3n) is 2.31. The third kappa shape index (κ3) is 5.57. The van der Waals surface area contributed by atoms with E-state index in [4.69, 9.17) is 9.05 Å². The molecule has 0 aliphatic carbocycles. The maximum absolute atomic E-state index is 12.2. The SMILES string of the molecule is CCOP(=O)(CCSc1ccc(C)cc1)OCC. The Morgan fingerprint density at radius 2 is 1.67 bits per heavy atom. The molecule has 1 rings (SSSR count). The lowest BCUT2D eigenvalue weighted by Crippen LogP contribution is -2.01. The molecule has 0 radical (unpaired) electrons. The van der Waals surface area contributed by atoms with E-state index in [2.05, 4.69) is 31.2 Å². The minimum atomic E-state index is -2.89. The Balaban J connectivity index is 2.43. The highest BCUT2D eigenvalue weighted by Gasteiger charge is 2.22. The molecule has 0 atom stereocenters. The Morgan fingerprint density at radius 3 is 2.17 bits per heavy atom. The second-order valence-electron chi connectivity index (χ2n) is 3.83. The van der Waals surface area contributed by atoms with Crippen LogP contribution in [0.1, 0.15) is 19.4 Å². The Morgan fingerprint density at radius 1 is 1.11 bits per heavy atom. The average molecular weight is 288 g/mol. The van der Waals surface area contributed by atoms with E-state index in [1.807, 2.05) is 13.8 Å². The van der Waals surface area contributed by atoms with E-state index in [0.717, 1.165) is 5.75 Å². The van der Waals surface area contributed by atoms with Crippen LogP contribution in [0.25, 0.3) is 0 Å². The summed E-state index contributed by atoms with van der Waals surface area (Å²) in [5.74, 6) is 0.736. The lowest BCUT2D eigenvalue weighted by Gasteiger charge is -2.16. The van der Waals surface area contributed by atoms with E-state index in [1.54, 1.807) is 11.8 Å². The average Bonchev–Trinajstić information content (AvgIpc) is 2.32. The first-order valence-electron chi connectivity index (χ1n) is 6.17. The van der Waals surface area contributed by atoms with Crippen LogP contribution in [-0.4, -0.2) is 25.1 Å².